The van der Waals surface area contributed by atoms with Gasteiger partial charge in [0.1, 0.15) is 5.75 Å². The van der Waals surface area contributed by atoms with Gasteiger partial charge in [0.2, 0.25) is 0 Å². The summed E-state index contributed by atoms with van der Waals surface area (Å²) in [6.07, 6.45) is 0. The number of fused-ring (bicyclic) bond motifs is 1. The number of nitrogens with one attached hydrogen (secondary N) is 1. The van der Waals surface area contributed by atoms with Crippen LogP contribution in [0.1, 0.15) is 10.4 Å². The first-order chi connectivity index (χ1) is 18.7. The number of ketones is 1. The third kappa shape index (κ3) is 4.48. The van der Waals surface area contributed by atoms with Gasteiger partial charge in [-0.3, -0.25) is 9.36 Å². The van der Waals surface area contributed by atoms with E-state index in [1.807, 2.05) is 114 Å². The Bertz CT molecular complexity index is 1730. The molecule has 0 fully saturated rings. The lowest BCUT2D eigenvalue weighted by Crippen LogP contribution is -2.06. The third-order valence-corrected chi connectivity index (χ3v) is 7.28. The van der Waals surface area contributed by atoms with Gasteiger partial charge in [0.25, 0.3) is 0 Å². The molecule has 7 heteroatoms. The van der Waals surface area contributed by atoms with Gasteiger partial charge in [-0.05, 0) is 35.9 Å². The van der Waals surface area contributed by atoms with Crippen LogP contribution in [0.4, 0.5) is 0 Å². The van der Waals surface area contributed by atoms with E-state index in [0.29, 0.717) is 16.5 Å². The van der Waals surface area contributed by atoms with Gasteiger partial charge >= 0.3 is 0 Å². The monoisotopic (exact) mass is 516 g/mol. The van der Waals surface area contributed by atoms with E-state index in [4.69, 9.17) is 4.74 Å². The normalized spacial score (nSPS) is 11.1. The summed E-state index contributed by atoms with van der Waals surface area (Å²) in [5.74, 6) is 1.66. The highest BCUT2D eigenvalue weighted by atomic mass is 32.2. The number of nitrogens with zero attached hydrogens (tertiary/aromatic N) is 3. The Balaban J connectivity index is 1.37. The van der Waals surface area contributed by atoms with Crippen molar-refractivity contribution in [2.45, 2.75) is 5.16 Å². The second-order valence-electron chi connectivity index (χ2n) is 8.71. The number of aromatic nitrogens is 4. The Kier molecular flexibility index (Phi) is 6.50. The van der Waals surface area contributed by atoms with Crippen LogP contribution in [-0.4, -0.2) is 38.4 Å². The van der Waals surface area contributed by atoms with Crippen molar-refractivity contribution in [1.82, 2.24) is 19.7 Å². The fourth-order valence-corrected chi connectivity index (χ4v) is 5.40. The van der Waals surface area contributed by atoms with Crippen LogP contribution < -0.4 is 4.74 Å². The highest BCUT2D eigenvalue weighted by molar-refractivity contribution is 7.99. The lowest BCUT2D eigenvalue weighted by molar-refractivity contribution is 0.102. The van der Waals surface area contributed by atoms with Gasteiger partial charge in [-0.25, -0.2) is 0 Å². The maximum Gasteiger partial charge on any atom is 0.196 e. The predicted molar refractivity (Wildman–Crippen MR) is 152 cm³/mol. The summed E-state index contributed by atoms with van der Waals surface area (Å²) >= 11 is 1.38. The first-order valence-electron chi connectivity index (χ1n) is 12.2. The van der Waals surface area contributed by atoms with E-state index < -0.39 is 0 Å². The summed E-state index contributed by atoms with van der Waals surface area (Å²) in [4.78, 5) is 17.2. The Hall–Kier alpha value is -4.62. The van der Waals surface area contributed by atoms with E-state index >= 15 is 0 Å². The van der Waals surface area contributed by atoms with Gasteiger partial charge in [-0.2, -0.15) is 0 Å². The molecule has 0 spiro atoms. The number of ether oxygens (including phenoxy) is 1. The van der Waals surface area contributed by atoms with E-state index in [2.05, 4.69) is 15.2 Å². The summed E-state index contributed by atoms with van der Waals surface area (Å²) < 4.78 is 7.41. The van der Waals surface area contributed by atoms with Crippen LogP contribution >= 0.6 is 11.8 Å². The summed E-state index contributed by atoms with van der Waals surface area (Å²) in [5.41, 5.74) is 5.23. The minimum atomic E-state index is 0.0249. The summed E-state index contributed by atoms with van der Waals surface area (Å²) in [6, 6.07) is 35.5. The number of para-hydroxylation sites is 2. The Morgan fingerprint density at radius 2 is 1.55 bits per heavy atom. The highest BCUT2D eigenvalue weighted by Crippen LogP contribution is 2.34. The van der Waals surface area contributed by atoms with Crippen molar-refractivity contribution in [2.75, 3.05) is 12.9 Å². The van der Waals surface area contributed by atoms with E-state index in [1.54, 1.807) is 7.11 Å². The van der Waals surface area contributed by atoms with Crippen LogP contribution in [-0.2, 0) is 0 Å². The zero-order valence-corrected chi connectivity index (χ0v) is 21.5. The molecule has 0 radical (unpaired) electrons. The lowest BCUT2D eigenvalue weighted by atomic mass is 10.0. The van der Waals surface area contributed by atoms with Crippen molar-refractivity contribution in [3.63, 3.8) is 0 Å². The minimum absolute atomic E-state index is 0.0249. The molecule has 38 heavy (non-hydrogen) atoms. The van der Waals surface area contributed by atoms with E-state index in [0.717, 1.165) is 39.2 Å². The van der Waals surface area contributed by atoms with Gasteiger partial charge in [0, 0.05) is 22.2 Å². The molecule has 0 saturated carbocycles. The number of thioether (sulfide) groups is 1. The smallest absolute Gasteiger partial charge is 0.196 e. The van der Waals surface area contributed by atoms with Crippen molar-refractivity contribution in [3.05, 3.63) is 115 Å². The first kappa shape index (κ1) is 23.8. The molecule has 2 aromatic heterocycles. The first-order valence-corrected chi connectivity index (χ1v) is 13.2. The zero-order chi connectivity index (χ0) is 25.9. The number of H-pyrrole nitrogens is 1. The fraction of sp³-hybridized carbons (Fsp3) is 0.0645. The molecule has 0 unspecified atom stereocenters. The molecule has 4 aromatic carbocycles. The molecule has 0 aliphatic rings. The van der Waals surface area contributed by atoms with Crippen molar-refractivity contribution in [3.8, 4) is 34.1 Å². The van der Waals surface area contributed by atoms with Gasteiger partial charge in [0.15, 0.2) is 16.8 Å². The number of hydrogen-bond acceptors (Lipinski definition) is 5. The molecular formula is C31H24N4O2S. The second-order valence-corrected chi connectivity index (χ2v) is 9.65. The average Bonchev–Trinajstić information content (AvgIpc) is 3.59. The molecule has 186 valence electrons. The van der Waals surface area contributed by atoms with E-state index in [-0.39, 0.29) is 11.5 Å². The molecule has 0 bridgehead atoms. The van der Waals surface area contributed by atoms with Crippen molar-refractivity contribution in [2.24, 2.45) is 0 Å². The quantitative estimate of drug-likeness (QED) is 0.173. The third-order valence-electron chi connectivity index (χ3n) is 6.36. The van der Waals surface area contributed by atoms with Crippen LogP contribution in [0.15, 0.2) is 114 Å². The average molecular weight is 517 g/mol. The van der Waals surface area contributed by atoms with Crippen LogP contribution in [0.25, 0.3) is 39.2 Å². The van der Waals surface area contributed by atoms with E-state index in [1.165, 1.54) is 11.8 Å². The zero-order valence-electron chi connectivity index (χ0n) is 20.7. The SMILES string of the molecule is COc1cccc(-c2nnc(SCC(=O)c3c(-c4ccccc4)[nH]c4ccccc34)n2-c2ccccc2)c1. The molecular weight excluding hydrogens is 492 g/mol. The lowest BCUT2D eigenvalue weighted by Gasteiger charge is -2.11. The molecule has 6 nitrogen and oxygen atoms in total. The maximum atomic E-state index is 13.8. The number of Topliss-reactive ketones (excluding diaryl/α,β-unsaturated/α-hetero) is 1. The largest absolute Gasteiger partial charge is 0.497 e. The molecule has 0 aliphatic heterocycles. The number of rotatable bonds is 8. The fourth-order valence-electron chi connectivity index (χ4n) is 4.58. The van der Waals surface area contributed by atoms with Crippen LogP contribution in [0.5, 0.6) is 5.75 Å². The second kappa shape index (κ2) is 10.4. The van der Waals surface area contributed by atoms with Gasteiger partial charge in [-0.1, -0.05) is 90.6 Å². The standard InChI is InChI=1S/C31H24N4O2S/c1-37-24-16-10-13-22(19-24)30-33-34-31(35(30)23-14-6-3-7-15-23)38-20-27(36)28-25-17-8-9-18-26(25)32-29(28)21-11-4-2-5-12-21/h2-19,32H,20H2,1H3. The van der Waals surface area contributed by atoms with Crippen molar-refractivity contribution < 1.29 is 9.53 Å². The van der Waals surface area contributed by atoms with Gasteiger partial charge < -0.3 is 9.72 Å². The van der Waals surface area contributed by atoms with Crippen LogP contribution in [0, 0.1) is 0 Å². The Morgan fingerprint density at radius 1 is 0.842 bits per heavy atom. The minimum Gasteiger partial charge on any atom is -0.497 e. The molecule has 1 N–H and O–H groups in total. The number of carbonyl (C=O) groups is 1. The van der Waals surface area contributed by atoms with Crippen LogP contribution in [0.3, 0.4) is 0 Å². The molecule has 6 aromatic rings. The van der Waals surface area contributed by atoms with Gasteiger partial charge in [-0.15, -0.1) is 10.2 Å². The predicted octanol–water partition coefficient (Wildman–Crippen LogP) is 7.07. The summed E-state index contributed by atoms with van der Waals surface area (Å²) in [6.45, 7) is 0. The number of methoxy groups -OCH3 is 1. The molecule has 0 aliphatic carbocycles. The van der Waals surface area contributed by atoms with Crippen molar-refractivity contribution >= 4 is 28.4 Å². The molecule has 6 rings (SSSR count). The highest BCUT2D eigenvalue weighted by Gasteiger charge is 2.22. The van der Waals surface area contributed by atoms with Gasteiger partial charge in [0.05, 0.1) is 24.1 Å². The summed E-state index contributed by atoms with van der Waals surface area (Å²) in [5, 5.41) is 10.6. The molecule has 0 amide bonds. The Labute approximate surface area is 224 Å². The number of hydrogen-bond donors (Lipinski definition) is 1. The number of carbonyl (C=O) groups excluding carboxylic acids is 1. The van der Waals surface area contributed by atoms with E-state index in [9.17, 15) is 4.79 Å². The number of aromatic amines is 1. The summed E-state index contributed by atoms with van der Waals surface area (Å²) in [7, 11) is 1.64. The molecule has 2 heterocycles. The molecule has 0 atom stereocenters. The maximum absolute atomic E-state index is 13.8. The molecule has 0 saturated heterocycles. The topological polar surface area (TPSA) is 72.8 Å². The van der Waals surface area contributed by atoms with Crippen molar-refractivity contribution in [1.29, 1.82) is 0 Å². The number of benzene rings is 4. The Morgan fingerprint density at radius 3 is 2.34 bits per heavy atom. The van der Waals surface area contributed by atoms with Crippen LogP contribution in [0.2, 0.25) is 0 Å².